The van der Waals surface area contributed by atoms with Crippen molar-refractivity contribution >= 4 is 0 Å². The van der Waals surface area contributed by atoms with Gasteiger partial charge in [0.15, 0.2) is 23.0 Å². The molecule has 0 heterocycles. The second-order valence-electron chi connectivity index (χ2n) is 6.63. The third-order valence-electron chi connectivity index (χ3n) is 4.56. The lowest BCUT2D eigenvalue weighted by Gasteiger charge is -2.16. The molecule has 0 bridgehead atoms. The van der Waals surface area contributed by atoms with Crippen LogP contribution in [0.25, 0.3) is 0 Å². The summed E-state index contributed by atoms with van der Waals surface area (Å²) in [5.74, 6) is 0.987. The van der Waals surface area contributed by atoms with E-state index in [2.05, 4.69) is 0 Å². The van der Waals surface area contributed by atoms with Crippen molar-refractivity contribution < 1.29 is 29.9 Å². The highest BCUT2D eigenvalue weighted by Gasteiger charge is 2.13. The van der Waals surface area contributed by atoms with Crippen LogP contribution in [0.5, 0.6) is 23.0 Å². The van der Waals surface area contributed by atoms with E-state index in [1.807, 2.05) is 6.07 Å². The predicted octanol–water partition coefficient (Wildman–Crippen LogP) is 2.79. The van der Waals surface area contributed by atoms with E-state index in [9.17, 15) is 20.4 Å². The van der Waals surface area contributed by atoms with Crippen molar-refractivity contribution in [3.05, 3.63) is 47.5 Å². The van der Waals surface area contributed by atoms with E-state index in [1.165, 1.54) is 14.2 Å². The van der Waals surface area contributed by atoms with Gasteiger partial charge in [0.05, 0.1) is 26.4 Å². The third-order valence-corrected chi connectivity index (χ3v) is 4.56. The van der Waals surface area contributed by atoms with Crippen LogP contribution >= 0.6 is 0 Å². The molecule has 2 aromatic carbocycles. The Labute approximate surface area is 159 Å². The molecule has 0 aromatic heterocycles. The highest BCUT2D eigenvalue weighted by Crippen LogP contribution is 2.28. The Morgan fingerprint density at radius 3 is 1.85 bits per heavy atom. The van der Waals surface area contributed by atoms with E-state index in [4.69, 9.17) is 9.47 Å². The number of benzene rings is 2. The molecule has 4 N–H and O–H groups in total. The van der Waals surface area contributed by atoms with Gasteiger partial charge in [0, 0.05) is 0 Å². The number of rotatable bonds is 10. The normalized spacial score (nSPS) is 13.2. The Morgan fingerprint density at radius 2 is 1.30 bits per heavy atom. The smallest absolute Gasteiger partial charge is 0.160 e. The zero-order valence-electron chi connectivity index (χ0n) is 15.8. The van der Waals surface area contributed by atoms with Gasteiger partial charge in [-0.05, 0) is 67.5 Å². The number of phenolic OH excluding ortho intramolecular Hbond substituents is 2. The average molecular weight is 376 g/mol. The summed E-state index contributed by atoms with van der Waals surface area (Å²) >= 11 is 0. The highest BCUT2D eigenvalue weighted by molar-refractivity contribution is 5.42. The van der Waals surface area contributed by atoms with Crippen molar-refractivity contribution in [3.63, 3.8) is 0 Å². The molecule has 0 fully saturated rings. The van der Waals surface area contributed by atoms with Crippen molar-refractivity contribution in [1.82, 2.24) is 0 Å². The topological polar surface area (TPSA) is 99.4 Å². The van der Waals surface area contributed by atoms with Crippen molar-refractivity contribution in [2.45, 2.75) is 44.3 Å². The quantitative estimate of drug-likeness (QED) is 0.509. The fraction of sp³-hybridized carbons (Fsp3) is 0.429. The number of phenols is 2. The average Bonchev–Trinajstić information content (AvgIpc) is 2.65. The van der Waals surface area contributed by atoms with Gasteiger partial charge in [-0.25, -0.2) is 0 Å². The molecule has 148 valence electrons. The first-order chi connectivity index (χ1) is 12.9. The zero-order valence-corrected chi connectivity index (χ0v) is 15.8. The number of methoxy groups -OCH3 is 2. The van der Waals surface area contributed by atoms with Crippen LogP contribution in [0.2, 0.25) is 0 Å². The number of aromatic hydroxyl groups is 2. The Kier molecular flexibility index (Phi) is 7.76. The molecular formula is C21H28O6. The van der Waals surface area contributed by atoms with Crippen molar-refractivity contribution in [2.75, 3.05) is 14.2 Å². The molecule has 27 heavy (non-hydrogen) atoms. The predicted molar refractivity (Wildman–Crippen MR) is 103 cm³/mol. The molecule has 0 spiro atoms. The van der Waals surface area contributed by atoms with Crippen LogP contribution in [0.15, 0.2) is 36.4 Å². The van der Waals surface area contributed by atoms with Gasteiger partial charge >= 0.3 is 0 Å². The molecule has 0 saturated carbocycles. The molecule has 0 amide bonds. The van der Waals surface area contributed by atoms with E-state index in [0.717, 1.165) is 11.1 Å². The summed E-state index contributed by atoms with van der Waals surface area (Å²) in [6, 6.07) is 10.3. The maximum Gasteiger partial charge on any atom is 0.160 e. The van der Waals surface area contributed by atoms with E-state index in [0.29, 0.717) is 37.2 Å². The van der Waals surface area contributed by atoms with Crippen LogP contribution in [0, 0.1) is 0 Å². The summed E-state index contributed by atoms with van der Waals surface area (Å²) in [5, 5.41) is 39.7. The van der Waals surface area contributed by atoms with Crippen LogP contribution in [0.1, 0.15) is 30.4 Å². The number of hydrogen-bond donors (Lipinski definition) is 4. The lowest BCUT2D eigenvalue weighted by molar-refractivity contribution is 0.0714. The lowest BCUT2D eigenvalue weighted by atomic mass is 9.99. The molecule has 0 aliphatic rings. The Morgan fingerprint density at radius 1 is 0.741 bits per heavy atom. The van der Waals surface area contributed by atoms with Crippen molar-refractivity contribution in [1.29, 1.82) is 0 Å². The van der Waals surface area contributed by atoms with Crippen LogP contribution in [0.4, 0.5) is 0 Å². The first-order valence-corrected chi connectivity index (χ1v) is 9.00. The minimum Gasteiger partial charge on any atom is -0.504 e. The molecule has 2 atom stereocenters. The molecule has 2 rings (SSSR count). The van der Waals surface area contributed by atoms with E-state index < -0.39 is 12.2 Å². The van der Waals surface area contributed by atoms with Crippen molar-refractivity contribution in [3.8, 4) is 23.0 Å². The van der Waals surface area contributed by atoms with E-state index in [1.54, 1.807) is 30.3 Å². The second-order valence-corrected chi connectivity index (χ2v) is 6.63. The minimum atomic E-state index is -0.626. The number of aliphatic hydroxyl groups is 2. The number of aryl methyl sites for hydroxylation is 2. The minimum absolute atomic E-state index is 0.0776. The molecular weight excluding hydrogens is 348 g/mol. The molecule has 2 aromatic rings. The standard InChI is InChI=1S/C21H28O6/c1-26-20-10-6-14(11-19(20)25)3-7-16(22)13-17(23)8-4-15-5-9-18(24)21(12-15)27-2/h5-6,9-12,16-17,22-25H,3-4,7-8,13H2,1-2H3. The second kappa shape index (κ2) is 10.0. The molecule has 0 aliphatic carbocycles. The van der Waals surface area contributed by atoms with Gasteiger partial charge in [0.25, 0.3) is 0 Å². The molecule has 6 heteroatoms. The number of ether oxygens (including phenoxy) is 2. The first-order valence-electron chi connectivity index (χ1n) is 9.00. The van der Waals surface area contributed by atoms with Crippen molar-refractivity contribution in [2.24, 2.45) is 0 Å². The zero-order chi connectivity index (χ0) is 19.8. The fourth-order valence-corrected chi connectivity index (χ4v) is 2.98. The van der Waals surface area contributed by atoms with Gasteiger partial charge in [0.1, 0.15) is 0 Å². The van der Waals surface area contributed by atoms with Gasteiger partial charge < -0.3 is 29.9 Å². The molecule has 2 unspecified atom stereocenters. The van der Waals surface area contributed by atoms with Crippen LogP contribution in [0.3, 0.4) is 0 Å². The molecule has 0 saturated heterocycles. The number of hydrogen-bond acceptors (Lipinski definition) is 6. The Hall–Kier alpha value is -2.44. The maximum atomic E-state index is 10.2. The van der Waals surface area contributed by atoms with Crippen LogP contribution in [-0.4, -0.2) is 46.9 Å². The van der Waals surface area contributed by atoms with E-state index in [-0.39, 0.29) is 17.9 Å². The molecule has 0 aliphatic heterocycles. The molecule has 6 nitrogen and oxygen atoms in total. The van der Waals surface area contributed by atoms with Gasteiger partial charge in [0.2, 0.25) is 0 Å². The van der Waals surface area contributed by atoms with E-state index >= 15 is 0 Å². The summed E-state index contributed by atoms with van der Waals surface area (Å²) in [5.41, 5.74) is 1.85. The van der Waals surface area contributed by atoms with Gasteiger partial charge in [-0.2, -0.15) is 0 Å². The van der Waals surface area contributed by atoms with Gasteiger partial charge in [-0.3, -0.25) is 0 Å². The largest absolute Gasteiger partial charge is 0.504 e. The first kappa shape index (κ1) is 20.9. The van der Waals surface area contributed by atoms with Gasteiger partial charge in [-0.1, -0.05) is 12.1 Å². The number of aliphatic hydroxyl groups excluding tert-OH is 2. The highest BCUT2D eigenvalue weighted by atomic mass is 16.5. The summed E-state index contributed by atoms with van der Waals surface area (Å²) < 4.78 is 10.1. The summed E-state index contributed by atoms with van der Waals surface area (Å²) in [4.78, 5) is 0. The lowest BCUT2D eigenvalue weighted by Crippen LogP contribution is -2.19. The maximum absolute atomic E-state index is 10.2. The van der Waals surface area contributed by atoms with Crippen LogP contribution in [-0.2, 0) is 12.8 Å². The Balaban J connectivity index is 1.76. The molecule has 0 radical (unpaired) electrons. The monoisotopic (exact) mass is 376 g/mol. The summed E-state index contributed by atoms with van der Waals surface area (Å²) in [6.07, 6.45) is 1.27. The Bertz CT molecular complexity index is 731. The van der Waals surface area contributed by atoms with Crippen LogP contribution < -0.4 is 9.47 Å². The fourth-order valence-electron chi connectivity index (χ4n) is 2.98. The third kappa shape index (κ3) is 6.34. The SMILES string of the molecule is COc1ccc(CCC(O)CC(O)CCc2ccc(O)c(OC)c2)cc1O. The summed E-state index contributed by atoms with van der Waals surface area (Å²) in [7, 11) is 2.99. The van der Waals surface area contributed by atoms with Gasteiger partial charge in [-0.15, -0.1) is 0 Å². The summed E-state index contributed by atoms with van der Waals surface area (Å²) in [6.45, 7) is 0.